The Morgan fingerprint density at radius 2 is 2.00 bits per heavy atom. The number of esters is 1. The normalized spacial score (nSPS) is 10.8. The second-order valence-electron chi connectivity index (χ2n) is 6.62. The van der Waals surface area contributed by atoms with Gasteiger partial charge in [-0.05, 0) is 19.1 Å². The molecule has 32 heavy (non-hydrogen) atoms. The molecule has 8 nitrogen and oxygen atoms in total. The molecule has 4 aromatic rings. The third kappa shape index (κ3) is 4.61. The molecule has 10 heteroatoms. The lowest BCUT2D eigenvalue weighted by molar-refractivity contribution is -0.113. The number of aromatic nitrogens is 3. The van der Waals surface area contributed by atoms with Gasteiger partial charge in [-0.3, -0.25) is 4.79 Å². The zero-order chi connectivity index (χ0) is 22.5. The Morgan fingerprint density at radius 3 is 2.72 bits per heavy atom. The SMILES string of the molecule is CCOC(=O)c1c(-c2ccco2)csc1NC(=O)CSc1nnc(-c2ccccc2)n1C. The van der Waals surface area contributed by atoms with Gasteiger partial charge in [0.25, 0.3) is 0 Å². The Balaban J connectivity index is 1.47. The summed E-state index contributed by atoms with van der Waals surface area (Å²) in [6, 6.07) is 13.2. The van der Waals surface area contributed by atoms with Crippen LogP contribution in [0.3, 0.4) is 0 Å². The van der Waals surface area contributed by atoms with E-state index >= 15 is 0 Å². The monoisotopic (exact) mass is 468 g/mol. The van der Waals surface area contributed by atoms with E-state index in [0.717, 1.165) is 11.4 Å². The van der Waals surface area contributed by atoms with Crippen LogP contribution in [-0.4, -0.2) is 39.0 Å². The van der Waals surface area contributed by atoms with E-state index in [1.807, 2.05) is 41.9 Å². The van der Waals surface area contributed by atoms with Gasteiger partial charge >= 0.3 is 5.97 Å². The fraction of sp³-hybridized carbons (Fsp3) is 0.182. The number of benzene rings is 1. The van der Waals surface area contributed by atoms with E-state index in [-0.39, 0.29) is 23.8 Å². The van der Waals surface area contributed by atoms with Gasteiger partial charge in [0.1, 0.15) is 16.3 Å². The van der Waals surface area contributed by atoms with Crippen molar-refractivity contribution in [2.75, 3.05) is 17.7 Å². The van der Waals surface area contributed by atoms with E-state index < -0.39 is 5.97 Å². The van der Waals surface area contributed by atoms with E-state index in [1.165, 1.54) is 29.4 Å². The Morgan fingerprint density at radius 1 is 1.19 bits per heavy atom. The predicted molar refractivity (Wildman–Crippen MR) is 124 cm³/mol. The Kier molecular flexibility index (Phi) is 6.72. The van der Waals surface area contributed by atoms with Crippen LogP contribution >= 0.6 is 23.1 Å². The quantitative estimate of drug-likeness (QED) is 0.295. The standard InChI is InChI=1S/C22H20N4O4S2/c1-3-29-21(28)18-15(16-10-7-11-30-16)12-31-20(18)23-17(27)13-32-22-25-24-19(26(22)2)14-8-5-4-6-9-14/h4-12H,3,13H2,1-2H3,(H,23,27). The van der Waals surface area contributed by atoms with Crippen LogP contribution in [0.2, 0.25) is 0 Å². The third-order valence-corrected chi connectivity index (χ3v) is 6.43. The first-order chi connectivity index (χ1) is 15.6. The van der Waals surface area contributed by atoms with Crippen molar-refractivity contribution in [1.82, 2.24) is 14.8 Å². The van der Waals surface area contributed by atoms with Gasteiger partial charge in [0, 0.05) is 23.6 Å². The maximum absolute atomic E-state index is 12.6. The first-order valence-electron chi connectivity index (χ1n) is 9.78. The molecule has 0 saturated heterocycles. The summed E-state index contributed by atoms with van der Waals surface area (Å²) in [6.07, 6.45) is 1.53. The number of thiophene rings is 1. The molecule has 0 bridgehead atoms. The van der Waals surface area contributed by atoms with Crippen molar-refractivity contribution in [1.29, 1.82) is 0 Å². The average Bonchev–Trinajstić information content (AvgIpc) is 3.53. The minimum Gasteiger partial charge on any atom is -0.464 e. The number of carbonyl (C=O) groups excluding carboxylic acids is 2. The number of hydrogen-bond donors (Lipinski definition) is 1. The number of nitrogens with zero attached hydrogens (tertiary/aromatic N) is 3. The first kappa shape index (κ1) is 21.8. The third-order valence-electron chi connectivity index (χ3n) is 4.51. The molecule has 0 saturated carbocycles. The number of anilines is 1. The Bertz CT molecular complexity index is 1220. The van der Waals surface area contributed by atoms with E-state index in [0.29, 0.717) is 21.5 Å². The average molecular weight is 469 g/mol. The summed E-state index contributed by atoms with van der Waals surface area (Å²) < 4.78 is 12.5. The summed E-state index contributed by atoms with van der Waals surface area (Å²) in [5, 5.41) is 14.0. The van der Waals surface area contributed by atoms with Crippen LogP contribution in [0.1, 0.15) is 17.3 Å². The van der Waals surface area contributed by atoms with E-state index in [4.69, 9.17) is 9.15 Å². The minimum absolute atomic E-state index is 0.108. The topological polar surface area (TPSA) is 99.2 Å². The number of thioether (sulfide) groups is 1. The molecule has 4 rings (SSSR count). The Hall–Kier alpha value is -3.37. The second-order valence-corrected chi connectivity index (χ2v) is 8.44. The highest BCUT2D eigenvalue weighted by Gasteiger charge is 2.24. The number of nitrogens with one attached hydrogen (secondary N) is 1. The molecule has 164 valence electrons. The smallest absolute Gasteiger partial charge is 0.341 e. The lowest BCUT2D eigenvalue weighted by Gasteiger charge is -2.08. The number of ether oxygens (including phenoxy) is 1. The molecule has 0 atom stereocenters. The van der Waals surface area contributed by atoms with Crippen LogP contribution in [0, 0.1) is 0 Å². The molecule has 0 radical (unpaired) electrons. The lowest BCUT2D eigenvalue weighted by Crippen LogP contribution is -2.16. The highest BCUT2D eigenvalue weighted by Crippen LogP contribution is 2.36. The van der Waals surface area contributed by atoms with Gasteiger partial charge in [0.05, 0.1) is 18.6 Å². The molecule has 1 amide bonds. The van der Waals surface area contributed by atoms with Gasteiger partial charge in [-0.25, -0.2) is 4.79 Å². The molecule has 0 aliphatic carbocycles. The van der Waals surface area contributed by atoms with E-state index in [1.54, 1.807) is 24.4 Å². The van der Waals surface area contributed by atoms with Gasteiger partial charge in [-0.1, -0.05) is 42.1 Å². The van der Waals surface area contributed by atoms with Crippen molar-refractivity contribution in [3.63, 3.8) is 0 Å². The summed E-state index contributed by atoms with van der Waals surface area (Å²) >= 11 is 2.51. The van der Waals surface area contributed by atoms with Crippen molar-refractivity contribution in [2.24, 2.45) is 7.05 Å². The summed E-state index contributed by atoms with van der Waals surface area (Å²) in [7, 11) is 1.86. The van der Waals surface area contributed by atoms with Crippen molar-refractivity contribution < 1.29 is 18.7 Å². The maximum atomic E-state index is 12.6. The van der Waals surface area contributed by atoms with Gasteiger partial charge in [0.15, 0.2) is 11.0 Å². The molecule has 3 heterocycles. The first-order valence-corrected chi connectivity index (χ1v) is 11.6. The zero-order valence-corrected chi connectivity index (χ0v) is 19.0. The van der Waals surface area contributed by atoms with Crippen molar-refractivity contribution in [3.8, 4) is 22.7 Å². The largest absolute Gasteiger partial charge is 0.464 e. The molecule has 0 aliphatic heterocycles. The molecule has 3 aromatic heterocycles. The van der Waals surface area contributed by atoms with Crippen molar-refractivity contribution in [2.45, 2.75) is 12.1 Å². The van der Waals surface area contributed by atoms with Crippen LogP contribution < -0.4 is 5.32 Å². The van der Waals surface area contributed by atoms with Gasteiger partial charge in [0.2, 0.25) is 5.91 Å². The highest BCUT2D eigenvalue weighted by molar-refractivity contribution is 7.99. The van der Waals surface area contributed by atoms with Crippen LogP contribution in [0.15, 0.2) is 63.7 Å². The van der Waals surface area contributed by atoms with E-state index in [2.05, 4.69) is 15.5 Å². The number of hydrogen-bond acceptors (Lipinski definition) is 8. The number of furan rings is 1. The molecule has 1 aromatic carbocycles. The van der Waals surface area contributed by atoms with Crippen LogP contribution in [0.5, 0.6) is 0 Å². The lowest BCUT2D eigenvalue weighted by atomic mass is 10.1. The minimum atomic E-state index is -0.510. The fourth-order valence-corrected chi connectivity index (χ4v) is 4.71. The Labute approximate surface area is 192 Å². The number of rotatable bonds is 8. The molecule has 0 aliphatic rings. The van der Waals surface area contributed by atoms with Gasteiger partial charge in [-0.15, -0.1) is 21.5 Å². The van der Waals surface area contributed by atoms with Gasteiger partial charge in [-0.2, -0.15) is 0 Å². The van der Waals surface area contributed by atoms with E-state index in [9.17, 15) is 9.59 Å². The molecule has 0 unspecified atom stereocenters. The van der Waals surface area contributed by atoms with Crippen LogP contribution in [0.4, 0.5) is 5.00 Å². The van der Waals surface area contributed by atoms with Crippen molar-refractivity contribution in [3.05, 3.63) is 59.7 Å². The zero-order valence-electron chi connectivity index (χ0n) is 17.4. The van der Waals surface area contributed by atoms with Crippen molar-refractivity contribution >= 4 is 40.0 Å². The number of carbonyl (C=O) groups is 2. The summed E-state index contributed by atoms with van der Waals surface area (Å²) in [6.45, 7) is 1.96. The summed E-state index contributed by atoms with van der Waals surface area (Å²) in [5.41, 5.74) is 1.82. The number of amides is 1. The molecular weight excluding hydrogens is 448 g/mol. The summed E-state index contributed by atoms with van der Waals surface area (Å²) in [4.78, 5) is 25.2. The molecule has 1 N–H and O–H groups in total. The molecular formula is C22H20N4O4S2. The summed E-state index contributed by atoms with van der Waals surface area (Å²) in [5.74, 6) is 0.588. The molecule has 0 fully saturated rings. The van der Waals surface area contributed by atoms with Crippen LogP contribution in [0.25, 0.3) is 22.7 Å². The van der Waals surface area contributed by atoms with Crippen LogP contribution in [-0.2, 0) is 16.6 Å². The maximum Gasteiger partial charge on any atom is 0.341 e. The van der Waals surface area contributed by atoms with Gasteiger partial charge < -0.3 is 19.0 Å². The second kappa shape index (κ2) is 9.84. The predicted octanol–water partition coefficient (Wildman–Crippen LogP) is 4.71. The highest BCUT2D eigenvalue weighted by atomic mass is 32.2. The fourth-order valence-electron chi connectivity index (χ4n) is 3.04. The molecule has 0 spiro atoms.